The van der Waals surface area contributed by atoms with Crippen LogP contribution in [0.3, 0.4) is 0 Å². The van der Waals surface area contributed by atoms with E-state index in [1.807, 2.05) is 14.1 Å². The number of nitrogens with zero attached hydrogens (tertiary/aromatic N) is 3. The fraction of sp³-hybridized carbons (Fsp3) is 0.615. The minimum atomic E-state index is -0.402. The second-order valence-corrected chi connectivity index (χ2v) is 5.89. The molecule has 1 N–H and O–H groups in total. The maximum absolute atomic E-state index is 11.0. The van der Waals surface area contributed by atoms with Crippen molar-refractivity contribution in [1.82, 2.24) is 9.88 Å². The highest BCUT2D eigenvalue weighted by atomic mass is 16.6. The van der Waals surface area contributed by atoms with Crippen molar-refractivity contribution in [1.29, 1.82) is 0 Å². The summed E-state index contributed by atoms with van der Waals surface area (Å²) in [6.45, 7) is 7.53. The van der Waals surface area contributed by atoms with E-state index in [0.717, 1.165) is 12.1 Å². The molecule has 6 nitrogen and oxygen atoms in total. The molecule has 1 aromatic heterocycles. The van der Waals surface area contributed by atoms with Gasteiger partial charge in [-0.25, -0.2) is 4.98 Å². The molecular formula is C13H22N4O2. The Labute approximate surface area is 114 Å². The second-order valence-electron chi connectivity index (χ2n) is 5.89. The first-order valence-electron chi connectivity index (χ1n) is 6.21. The maximum atomic E-state index is 11.0. The predicted octanol–water partition coefficient (Wildman–Crippen LogP) is 2.30. The number of nitrogens with one attached hydrogen (secondary N) is 1. The lowest BCUT2D eigenvalue weighted by molar-refractivity contribution is -0.384. The van der Waals surface area contributed by atoms with E-state index < -0.39 is 4.92 Å². The van der Waals surface area contributed by atoms with E-state index in [1.165, 1.54) is 6.07 Å². The molecule has 0 aliphatic rings. The van der Waals surface area contributed by atoms with Crippen LogP contribution in [0.15, 0.2) is 12.3 Å². The third-order valence-electron chi connectivity index (χ3n) is 2.68. The van der Waals surface area contributed by atoms with E-state index in [2.05, 4.69) is 29.0 Å². The van der Waals surface area contributed by atoms with Crippen LogP contribution in [0.25, 0.3) is 0 Å². The predicted molar refractivity (Wildman–Crippen MR) is 76.5 cm³/mol. The summed E-state index contributed by atoms with van der Waals surface area (Å²) in [5, 5.41) is 14.1. The summed E-state index contributed by atoms with van der Waals surface area (Å²) in [5.41, 5.74) is 0.815. The van der Waals surface area contributed by atoms with Gasteiger partial charge in [0.25, 0.3) is 0 Å². The average molecular weight is 266 g/mol. The number of aromatic nitrogens is 1. The smallest absolute Gasteiger partial charge is 0.311 e. The van der Waals surface area contributed by atoms with Gasteiger partial charge in [-0.1, -0.05) is 13.8 Å². The summed E-state index contributed by atoms with van der Waals surface area (Å²) < 4.78 is 0. The van der Waals surface area contributed by atoms with Gasteiger partial charge in [0.15, 0.2) is 0 Å². The summed E-state index contributed by atoms with van der Waals surface area (Å²) in [5.74, 6) is 0.336. The number of rotatable bonds is 6. The highest BCUT2D eigenvalue weighted by molar-refractivity contribution is 5.56. The van der Waals surface area contributed by atoms with Crippen LogP contribution in [-0.2, 0) is 0 Å². The zero-order chi connectivity index (χ0) is 14.6. The van der Waals surface area contributed by atoms with Gasteiger partial charge >= 0.3 is 5.69 Å². The second kappa shape index (κ2) is 5.97. The van der Waals surface area contributed by atoms with Crippen LogP contribution < -0.4 is 5.32 Å². The van der Waals surface area contributed by atoms with Crippen LogP contribution >= 0.6 is 0 Å². The maximum Gasteiger partial charge on any atom is 0.311 e. The molecule has 1 heterocycles. The molecule has 106 valence electrons. The number of hydrogen-bond donors (Lipinski definition) is 1. The first kappa shape index (κ1) is 15.4. The first-order chi connectivity index (χ1) is 8.71. The van der Waals surface area contributed by atoms with Gasteiger partial charge in [-0.05, 0) is 32.0 Å². The van der Waals surface area contributed by atoms with Crippen LogP contribution in [0.5, 0.6) is 0 Å². The summed E-state index contributed by atoms with van der Waals surface area (Å²) >= 11 is 0. The van der Waals surface area contributed by atoms with Gasteiger partial charge in [0, 0.05) is 25.4 Å². The van der Waals surface area contributed by atoms with Gasteiger partial charge < -0.3 is 10.2 Å². The molecule has 0 unspecified atom stereocenters. The molecule has 6 heteroatoms. The molecule has 0 radical (unpaired) electrons. The third-order valence-corrected chi connectivity index (χ3v) is 2.68. The van der Waals surface area contributed by atoms with Gasteiger partial charge in [-0.15, -0.1) is 0 Å². The van der Waals surface area contributed by atoms with Gasteiger partial charge in [0.05, 0.1) is 4.92 Å². The van der Waals surface area contributed by atoms with Gasteiger partial charge in [0.2, 0.25) is 5.82 Å². The van der Waals surface area contributed by atoms with Crippen molar-refractivity contribution in [2.24, 2.45) is 5.41 Å². The molecule has 0 aliphatic carbocycles. The van der Waals surface area contributed by atoms with Crippen molar-refractivity contribution in [3.8, 4) is 0 Å². The Morgan fingerprint density at radius 2 is 2.11 bits per heavy atom. The Morgan fingerprint density at radius 1 is 1.47 bits per heavy atom. The molecule has 0 fully saturated rings. The lowest BCUT2D eigenvalue weighted by atomic mass is 9.93. The van der Waals surface area contributed by atoms with Crippen LogP contribution in [0.1, 0.15) is 19.4 Å². The molecule has 0 saturated carbocycles. The molecule has 0 atom stereocenters. The Hall–Kier alpha value is -1.69. The lowest BCUT2D eigenvalue weighted by Crippen LogP contribution is -2.34. The number of aryl methyl sites for hydroxylation is 1. The highest BCUT2D eigenvalue weighted by Gasteiger charge is 2.22. The van der Waals surface area contributed by atoms with Crippen molar-refractivity contribution in [3.63, 3.8) is 0 Å². The van der Waals surface area contributed by atoms with Crippen molar-refractivity contribution < 1.29 is 4.92 Å². The van der Waals surface area contributed by atoms with E-state index in [1.54, 1.807) is 13.1 Å². The van der Waals surface area contributed by atoms with Crippen molar-refractivity contribution in [3.05, 3.63) is 27.9 Å². The molecule has 0 amide bonds. The molecular weight excluding hydrogens is 244 g/mol. The molecule has 0 saturated heterocycles. The van der Waals surface area contributed by atoms with E-state index in [-0.39, 0.29) is 11.1 Å². The quantitative estimate of drug-likeness (QED) is 0.632. The third kappa shape index (κ3) is 4.82. The largest absolute Gasteiger partial charge is 0.364 e. The zero-order valence-corrected chi connectivity index (χ0v) is 12.2. The van der Waals surface area contributed by atoms with E-state index >= 15 is 0 Å². The molecule has 0 bridgehead atoms. The van der Waals surface area contributed by atoms with Crippen LogP contribution in [0.4, 0.5) is 11.5 Å². The van der Waals surface area contributed by atoms with Crippen molar-refractivity contribution in [2.75, 3.05) is 32.5 Å². The Morgan fingerprint density at radius 3 is 2.63 bits per heavy atom. The van der Waals surface area contributed by atoms with Crippen molar-refractivity contribution in [2.45, 2.75) is 20.8 Å². The summed E-state index contributed by atoms with van der Waals surface area (Å²) in [6.07, 6.45) is 1.63. The number of hydrogen-bond acceptors (Lipinski definition) is 5. The van der Waals surface area contributed by atoms with Gasteiger partial charge in [-0.3, -0.25) is 10.1 Å². The van der Waals surface area contributed by atoms with E-state index in [4.69, 9.17) is 0 Å². The zero-order valence-electron chi connectivity index (χ0n) is 12.2. The Kier molecular flexibility index (Phi) is 4.83. The number of anilines is 1. The molecule has 1 rings (SSSR count). The van der Waals surface area contributed by atoms with E-state index in [9.17, 15) is 10.1 Å². The minimum absolute atomic E-state index is 0.00390. The van der Waals surface area contributed by atoms with Gasteiger partial charge in [-0.2, -0.15) is 0 Å². The summed E-state index contributed by atoms with van der Waals surface area (Å²) in [4.78, 5) is 16.8. The molecule has 19 heavy (non-hydrogen) atoms. The van der Waals surface area contributed by atoms with Crippen LogP contribution in [0, 0.1) is 22.5 Å². The monoisotopic (exact) mass is 266 g/mol. The lowest BCUT2D eigenvalue weighted by Gasteiger charge is -2.28. The number of nitro groups is 1. The topological polar surface area (TPSA) is 71.3 Å². The SMILES string of the molecule is Cc1cnc(NCC(C)(C)CN(C)C)c([N+](=O)[O-])c1. The fourth-order valence-electron chi connectivity index (χ4n) is 2.06. The van der Waals surface area contributed by atoms with Crippen molar-refractivity contribution >= 4 is 11.5 Å². The molecule has 1 aromatic rings. The first-order valence-corrected chi connectivity index (χ1v) is 6.21. The minimum Gasteiger partial charge on any atom is -0.364 e. The number of pyridine rings is 1. The fourth-order valence-corrected chi connectivity index (χ4v) is 2.06. The summed E-state index contributed by atoms with van der Waals surface area (Å²) in [7, 11) is 4.02. The summed E-state index contributed by atoms with van der Waals surface area (Å²) in [6, 6.07) is 1.54. The molecule has 0 spiro atoms. The molecule has 0 aromatic carbocycles. The highest BCUT2D eigenvalue weighted by Crippen LogP contribution is 2.24. The normalized spacial score (nSPS) is 11.7. The molecule has 0 aliphatic heterocycles. The standard InChI is InChI=1S/C13H22N4O2/c1-10-6-11(17(18)19)12(14-7-10)15-8-13(2,3)9-16(4)5/h6-7H,8-9H2,1-5H3,(H,14,15). The van der Waals surface area contributed by atoms with Gasteiger partial charge in [0.1, 0.15) is 0 Å². The average Bonchev–Trinajstić information content (AvgIpc) is 2.25. The van der Waals surface area contributed by atoms with E-state index in [0.29, 0.717) is 12.4 Å². The van der Waals surface area contributed by atoms with Crippen LogP contribution in [-0.4, -0.2) is 42.0 Å². The Bertz CT molecular complexity index is 458. The Balaban J connectivity index is 2.80. The van der Waals surface area contributed by atoms with Crippen LogP contribution in [0.2, 0.25) is 0 Å².